The highest BCUT2D eigenvalue weighted by atomic mass is 16.5. The van der Waals surface area contributed by atoms with Gasteiger partial charge in [-0.15, -0.1) is 0 Å². The fraction of sp³-hybridized carbons (Fsp3) is 0.571. The van der Waals surface area contributed by atoms with Gasteiger partial charge in [0, 0.05) is 11.1 Å². The van der Waals surface area contributed by atoms with E-state index in [1.54, 1.807) is 7.11 Å². The molecule has 0 spiro atoms. The van der Waals surface area contributed by atoms with E-state index in [4.69, 9.17) is 10.5 Å². The van der Waals surface area contributed by atoms with E-state index < -0.39 is 0 Å². The van der Waals surface area contributed by atoms with Crippen LogP contribution in [0.25, 0.3) is 0 Å². The molecule has 0 fully saturated rings. The molecule has 0 saturated carbocycles. The van der Waals surface area contributed by atoms with Crippen LogP contribution in [0.5, 0.6) is 5.75 Å². The van der Waals surface area contributed by atoms with Gasteiger partial charge < -0.3 is 15.8 Å². The molecular weight excluding hydrogens is 212 g/mol. The van der Waals surface area contributed by atoms with Gasteiger partial charge in [-0.1, -0.05) is 19.1 Å². The van der Waals surface area contributed by atoms with Crippen molar-refractivity contribution in [2.75, 3.05) is 14.2 Å². The molecule has 1 aromatic carbocycles. The molecule has 0 bridgehead atoms. The lowest BCUT2D eigenvalue weighted by atomic mass is 9.88. The van der Waals surface area contributed by atoms with Gasteiger partial charge in [-0.05, 0) is 38.9 Å². The average Bonchev–Trinajstić information content (AvgIpc) is 2.36. The third-order valence-electron chi connectivity index (χ3n) is 3.46. The van der Waals surface area contributed by atoms with E-state index in [9.17, 15) is 0 Å². The third kappa shape index (κ3) is 2.99. The van der Waals surface area contributed by atoms with Gasteiger partial charge in [0.2, 0.25) is 0 Å². The van der Waals surface area contributed by atoms with Crippen LogP contribution in [0.1, 0.15) is 37.9 Å². The molecule has 1 aromatic rings. The highest BCUT2D eigenvalue weighted by Crippen LogP contribution is 2.31. The Morgan fingerprint density at radius 1 is 1.41 bits per heavy atom. The summed E-state index contributed by atoms with van der Waals surface area (Å²) in [5, 5.41) is 3.25. The summed E-state index contributed by atoms with van der Waals surface area (Å²) < 4.78 is 5.40. The number of aryl methyl sites for hydroxylation is 1. The molecule has 0 aliphatic carbocycles. The SMILES string of the molecule is CCc1ccc(OC)c(C(N)C(C)(C)NC)c1. The number of hydrogen-bond acceptors (Lipinski definition) is 3. The van der Waals surface area contributed by atoms with Gasteiger partial charge >= 0.3 is 0 Å². The van der Waals surface area contributed by atoms with Gasteiger partial charge in [-0.2, -0.15) is 0 Å². The summed E-state index contributed by atoms with van der Waals surface area (Å²) in [5.41, 5.74) is 8.52. The fourth-order valence-electron chi connectivity index (χ4n) is 1.79. The lowest BCUT2D eigenvalue weighted by molar-refractivity contribution is 0.333. The second kappa shape index (κ2) is 5.52. The molecule has 3 heteroatoms. The smallest absolute Gasteiger partial charge is 0.123 e. The van der Waals surface area contributed by atoms with Crippen LogP contribution in [0.15, 0.2) is 18.2 Å². The van der Waals surface area contributed by atoms with Crippen LogP contribution in [0, 0.1) is 0 Å². The van der Waals surface area contributed by atoms with Crippen LogP contribution in [0.4, 0.5) is 0 Å². The molecule has 0 heterocycles. The molecule has 3 nitrogen and oxygen atoms in total. The summed E-state index contributed by atoms with van der Waals surface area (Å²) >= 11 is 0. The van der Waals surface area contributed by atoms with Crippen molar-refractivity contribution in [2.45, 2.75) is 38.8 Å². The zero-order valence-electron chi connectivity index (χ0n) is 11.5. The number of rotatable bonds is 5. The minimum Gasteiger partial charge on any atom is -0.496 e. The summed E-state index contributed by atoms with van der Waals surface area (Å²) in [6.07, 6.45) is 1.00. The maximum absolute atomic E-state index is 6.34. The summed E-state index contributed by atoms with van der Waals surface area (Å²) in [6, 6.07) is 6.12. The van der Waals surface area contributed by atoms with Crippen LogP contribution in [0.2, 0.25) is 0 Å². The van der Waals surface area contributed by atoms with Crippen molar-refractivity contribution in [3.63, 3.8) is 0 Å². The Kier molecular flexibility index (Phi) is 4.54. The first kappa shape index (κ1) is 14.0. The van der Waals surface area contributed by atoms with Crippen LogP contribution >= 0.6 is 0 Å². The predicted octanol–water partition coefficient (Wildman–Crippen LogP) is 2.26. The second-order valence-corrected chi connectivity index (χ2v) is 4.88. The normalized spacial score (nSPS) is 13.5. The summed E-state index contributed by atoms with van der Waals surface area (Å²) in [6.45, 7) is 6.33. The summed E-state index contributed by atoms with van der Waals surface area (Å²) in [7, 11) is 3.61. The zero-order chi connectivity index (χ0) is 13.1. The molecule has 1 unspecified atom stereocenters. The molecule has 0 saturated heterocycles. The van der Waals surface area contributed by atoms with Crippen LogP contribution in [-0.2, 0) is 6.42 Å². The number of nitrogens with two attached hydrogens (primary N) is 1. The van der Waals surface area contributed by atoms with Gasteiger partial charge in [0.15, 0.2) is 0 Å². The molecule has 0 aromatic heterocycles. The highest BCUT2D eigenvalue weighted by molar-refractivity contribution is 5.40. The molecule has 96 valence electrons. The van der Waals surface area contributed by atoms with Crippen molar-refractivity contribution in [3.8, 4) is 5.75 Å². The molecule has 3 N–H and O–H groups in total. The third-order valence-corrected chi connectivity index (χ3v) is 3.46. The number of nitrogens with one attached hydrogen (secondary N) is 1. The van der Waals surface area contributed by atoms with Gasteiger partial charge in [-0.3, -0.25) is 0 Å². The topological polar surface area (TPSA) is 47.3 Å². The standard InChI is InChI=1S/C14H24N2O/c1-6-10-7-8-12(17-5)11(9-10)13(15)14(2,3)16-4/h7-9,13,16H,6,15H2,1-5H3. The first-order valence-electron chi connectivity index (χ1n) is 6.07. The van der Waals surface area contributed by atoms with E-state index in [1.165, 1.54) is 5.56 Å². The number of likely N-dealkylation sites (N-methyl/N-ethyl adjacent to an activating group) is 1. The first-order chi connectivity index (χ1) is 7.96. The quantitative estimate of drug-likeness (QED) is 0.824. The Morgan fingerprint density at radius 3 is 2.53 bits per heavy atom. The number of ether oxygens (including phenoxy) is 1. The molecule has 1 rings (SSSR count). The molecule has 1 atom stereocenters. The first-order valence-corrected chi connectivity index (χ1v) is 6.07. The summed E-state index contributed by atoms with van der Waals surface area (Å²) in [5.74, 6) is 0.859. The second-order valence-electron chi connectivity index (χ2n) is 4.88. The summed E-state index contributed by atoms with van der Waals surface area (Å²) in [4.78, 5) is 0. The number of benzene rings is 1. The van der Waals surface area contributed by atoms with Gasteiger partial charge in [0.05, 0.1) is 13.2 Å². The Hall–Kier alpha value is -1.06. The maximum atomic E-state index is 6.34. The van der Waals surface area contributed by atoms with E-state index in [0.717, 1.165) is 17.7 Å². The zero-order valence-corrected chi connectivity index (χ0v) is 11.5. The highest BCUT2D eigenvalue weighted by Gasteiger charge is 2.28. The fourth-order valence-corrected chi connectivity index (χ4v) is 1.79. The predicted molar refractivity (Wildman–Crippen MR) is 72.4 cm³/mol. The van der Waals surface area contributed by atoms with Crippen molar-refractivity contribution in [3.05, 3.63) is 29.3 Å². The van der Waals surface area contributed by atoms with Crippen molar-refractivity contribution < 1.29 is 4.74 Å². The van der Waals surface area contributed by atoms with E-state index in [2.05, 4.69) is 38.2 Å². The van der Waals surface area contributed by atoms with Crippen molar-refractivity contribution >= 4 is 0 Å². The Morgan fingerprint density at radius 2 is 2.06 bits per heavy atom. The van der Waals surface area contributed by atoms with E-state index in [1.807, 2.05) is 13.1 Å². The van der Waals surface area contributed by atoms with Crippen LogP contribution in [0.3, 0.4) is 0 Å². The largest absolute Gasteiger partial charge is 0.496 e. The van der Waals surface area contributed by atoms with Crippen LogP contribution < -0.4 is 15.8 Å². The molecular formula is C14H24N2O. The maximum Gasteiger partial charge on any atom is 0.123 e. The molecule has 0 amide bonds. The Balaban J connectivity index is 3.18. The average molecular weight is 236 g/mol. The molecule has 0 radical (unpaired) electrons. The Bertz CT molecular complexity index is 374. The molecule has 0 aliphatic rings. The molecule has 17 heavy (non-hydrogen) atoms. The van der Waals surface area contributed by atoms with Crippen molar-refractivity contribution in [1.29, 1.82) is 0 Å². The van der Waals surface area contributed by atoms with Crippen molar-refractivity contribution in [2.24, 2.45) is 5.73 Å². The van der Waals surface area contributed by atoms with E-state index >= 15 is 0 Å². The lowest BCUT2D eigenvalue weighted by Gasteiger charge is -2.32. The number of methoxy groups -OCH3 is 1. The Labute approximate surface area is 104 Å². The number of hydrogen-bond donors (Lipinski definition) is 2. The minimum absolute atomic E-state index is 0.103. The van der Waals surface area contributed by atoms with E-state index in [-0.39, 0.29) is 11.6 Å². The monoisotopic (exact) mass is 236 g/mol. The van der Waals surface area contributed by atoms with Crippen LogP contribution in [-0.4, -0.2) is 19.7 Å². The van der Waals surface area contributed by atoms with Gasteiger partial charge in [-0.25, -0.2) is 0 Å². The minimum atomic E-state index is -0.167. The van der Waals surface area contributed by atoms with Gasteiger partial charge in [0.25, 0.3) is 0 Å². The molecule has 0 aliphatic heterocycles. The van der Waals surface area contributed by atoms with E-state index in [0.29, 0.717) is 0 Å². The lowest BCUT2D eigenvalue weighted by Crippen LogP contribution is -2.46. The van der Waals surface area contributed by atoms with Gasteiger partial charge in [0.1, 0.15) is 5.75 Å². The van der Waals surface area contributed by atoms with Crippen molar-refractivity contribution in [1.82, 2.24) is 5.32 Å².